The second-order valence-corrected chi connectivity index (χ2v) is 4.62. The Kier molecular flexibility index (Phi) is 4.75. The number of amides is 1. The van der Waals surface area contributed by atoms with E-state index in [2.05, 4.69) is 22.3 Å². The Balaban J connectivity index is 2.11. The van der Waals surface area contributed by atoms with Crippen molar-refractivity contribution in [3.63, 3.8) is 0 Å². The van der Waals surface area contributed by atoms with E-state index in [9.17, 15) is 4.79 Å². The first kappa shape index (κ1) is 14.8. The van der Waals surface area contributed by atoms with E-state index in [1.807, 2.05) is 31.2 Å². The van der Waals surface area contributed by atoms with Crippen LogP contribution in [0.3, 0.4) is 0 Å². The Morgan fingerprint density at radius 1 is 1.52 bits per heavy atom. The first-order chi connectivity index (χ1) is 10.1. The molecule has 2 rings (SSSR count). The van der Waals surface area contributed by atoms with Crippen LogP contribution in [0.1, 0.15) is 40.2 Å². The highest BCUT2D eigenvalue weighted by atomic mass is 16.5. The maximum absolute atomic E-state index is 12.1. The fourth-order valence-electron chi connectivity index (χ4n) is 1.88. The van der Waals surface area contributed by atoms with Crippen LogP contribution in [0.25, 0.3) is 0 Å². The molecule has 0 aliphatic carbocycles. The maximum atomic E-state index is 12.1. The van der Waals surface area contributed by atoms with Crippen LogP contribution in [0.2, 0.25) is 0 Å². The molecule has 0 aliphatic rings. The van der Waals surface area contributed by atoms with Gasteiger partial charge in [-0.3, -0.25) is 4.79 Å². The summed E-state index contributed by atoms with van der Waals surface area (Å²) in [5, 5.41) is 15.2. The van der Waals surface area contributed by atoms with Crippen LogP contribution >= 0.6 is 0 Å². The number of benzene rings is 1. The summed E-state index contributed by atoms with van der Waals surface area (Å²) in [4.78, 5) is 12.1. The minimum Gasteiger partial charge on any atom is -0.384 e. The number of carbonyl (C=O) groups is 1. The number of aliphatic hydroxyl groups excluding tert-OH is 1. The van der Waals surface area contributed by atoms with Gasteiger partial charge in [0.1, 0.15) is 6.61 Å². The minimum atomic E-state index is -0.302. The quantitative estimate of drug-likeness (QED) is 0.843. The highest BCUT2D eigenvalue weighted by Crippen LogP contribution is 2.15. The molecule has 108 valence electrons. The third-order valence-electron chi connectivity index (χ3n) is 3.00. The SMILES string of the molecule is Cc1cnoc1C(=O)NC(C)c1cccc(C#CCO)c1. The van der Waals surface area contributed by atoms with Gasteiger partial charge in [0.2, 0.25) is 5.76 Å². The van der Waals surface area contributed by atoms with Gasteiger partial charge >= 0.3 is 0 Å². The largest absolute Gasteiger partial charge is 0.384 e. The number of aromatic nitrogens is 1. The minimum absolute atomic E-state index is 0.179. The number of hydrogen-bond acceptors (Lipinski definition) is 4. The molecular formula is C16H16N2O3. The van der Waals surface area contributed by atoms with Crippen LogP contribution in [0, 0.1) is 18.8 Å². The summed E-state index contributed by atoms with van der Waals surface area (Å²) in [5.41, 5.74) is 2.41. The van der Waals surface area contributed by atoms with E-state index in [4.69, 9.17) is 9.63 Å². The fourth-order valence-corrected chi connectivity index (χ4v) is 1.88. The van der Waals surface area contributed by atoms with Gasteiger partial charge in [0.25, 0.3) is 5.91 Å². The first-order valence-corrected chi connectivity index (χ1v) is 6.53. The van der Waals surface area contributed by atoms with Crippen molar-refractivity contribution in [2.75, 3.05) is 6.61 Å². The molecule has 0 saturated heterocycles. The normalized spacial score (nSPS) is 11.4. The molecule has 2 N–H and O–H groups in total. The number of aryl methyl sites for hydroxylation is 1. The molecule has 1 unspecified atom stereocenters. The van der Waals surface area contributed by atoms with Crippen LogP contribution in [-0.4, -0.2) is 22.8 Å². The topological polar surface area (TPSA) is 75.4 Å². The Bertz CT molecular complexity index is 695. The Morgan fingerprint density at radius 2 is 2.33 bits per heavy atom. The standard InChI is InChI=1S/C16H16N2O3/c1-11-10-17-21-15(11)16(20)18-12(2)14-7-3-5-13(9-14)6-4-8-19/h3,5,7,9-10,12,19H,8H2,1-2H3,(H,18,20). The summed E-state index contributed by atoms with van der Waals surface area (Å²) in [6.07, 6.45) is 1.50. The number of hydrogen-bond donors (Lipinski definition) is 2. The smallest absolute Gasteiger partial charge is 0.290 e. The zero-order valence-electron chi connectivity index (χ0n) is 11.9. The van der Waals surface area contributed by atoms with Crippen molar-refractivity contribution >= 4 is 5.91 Å². The summed E-state index contributed by atoms with van der Waals surface area (Å²) in [5.74, 6) is 5.35. The average molecular weight is 284 g/mol. The van der Waals surface area contributed by atoms with Crippen molar-refractivity contribution in [3.8, 4) is 11.8 Å². The molecule has 21 heavy (non-hydrogen) atoms. The van der Waals surface area contributed by atoms with Gasteiger partial charge in [-0.25, -0.2) is 0 Å². The summed E-state index contributed by atoms with van der Waals surface area (Å²) >= 11 is 0. The zero-order valence-corrected chi connectivity index (χ0v) is 11.9. The zero-order chi connectivity index (χ0) is 15.2. The van der Waals surface area contributed by atoms with Gasteiger partial charge in [0.15, 0.2) is 0 Å². The predicted molar refractivity (Wildman–Crippen MR) is 77.5 cm³/mol. The van der Waals surface area contributed by atoms with E-state index >= 15 is 0 Å². The maximum Gasteiger partial charge on any atom is 0.290 e. The lowest BCUT2D eigenvalue weighted by Gasteiger charge is -2.13. The molecule has 0 saturated carbocycles. The van der Waals surface area contributed by atoms with Crippen LogP contribution in [-0.2, 0) is 0 Å². The molecule has 2 aromatic rings. The van der Waals surface area contributed by atoms with Crippen LogP contribution in [0.4, 0.5) is 0 Å². The lowest BCUT2D eigenvalue weighted by Crippen LogP contribution is -2.26. The summed E-state index contributed by atoms with van der Waals surface area (Å²) in [7, 11) is 0. The molecule has 0 spiro atoms. The van der Waals surface area contributed by atoms with Gasteiger partial charge in [-0.15, -0.1) is 0 Å². The molecule has 0 aliphatic heterocycles. The van der Waals surface area contributed by atoms with Crippen molar-refractivity contribution < 1.29 is 14.4 Å². The number of carbonyl (C=O) groups excluding carboxylic acids is 1. The first-order valence-electron chi connectivity index (χ1n) is 6.53. The molecule has 0 radical (unpaired) electrons. The Morgan fingerprint density at radius 3 is 3.00 bits per heavy atom. The van der Waals surface area contributed by atoms with Crippen LogP contribution in [0.5, 0.6) is 0 Å². The summed E-state index contributed by atoms with van der Waals surface area (Å²) < 4.78 is 4.93. The summed E-state index contributed by atoms with van der Waals surface area (Å²) in [6.45, 7) is 3.46. The second-order valence-electron chi connectivity index (χ2n) is 4.62. The average Bonchev–Trinajstić information content (AvgIpc) is 2.91. The Labute approximate surface area is 123 Å². The number of nitrogens with one attached hydrogen (secondary N) is 1. The molecule has 5 heteroatoms. The van der Waals surface area contributed by atoms with E-state index < -0.39 is 0 Å². The molecular weight excluding hydrogens is 268 g/mol. The molecule has 1 aromatic carbocycles. The number of aliphatic hydroxyl groups is 1. The van der Waals surface area contributed by atoms with Crippen LogP contribution in [0.15, 0.2) is 35.0 Å². The van der Waals surface area contributed by atoms with E-state index in [0.29, 0.717) is 5.56 Å². The third kappa shape index (κ3) is 3.71. The van der Waals surface area contributed by atoms with Crippen molar-refractivity contribution in [3.05, 3.63) is 52.9 Å². The lowest BCUT2D eigenvalue weighted by atomic mass is 10.1. The van der Waals surface area contributed by atoms with Gasteiger partial charge in [0.05, 0.1) is 12.2 Å². The molecule has 5 nitrogen and oxygen atoms in total. The van der Waals surface area contributed by atoms with Gasteiger partial charge in [-0.05, 0) is 31.5 Å². The monoisotopic (exact) mass is 284 g/mol. The van der Waals surface area contributed by atoms with Gasteiger partial charge in [0, 0.05) is 11.1 Å². The highest BCUT2D eigenvalue weighted by molar-refractivity contribution is 5.92. The second kappa shape index (κ2) is 6.73. The predicted octanol–water partition coefficient (Wildman–Crippen LogP) is 1.82. The van der Waals surface area contributed by atoms with Crippen molar-refractivity contribution in [1.29, 1.82) is 0 Å². The van der Waals surface area contributed by atoms with Crippen molar-refractivity contribution in [1.82, 2.24) is 10.5 Å². The molecule has 0 fully saturated rings. The highest BCUT2D eigenvalue weighted by Gasteiger charge is 2.17. The van der Waals surface area contributed by atoms with Crippen molar-refractivity contribution in [2.24, 2.45) is 0 Å². The molecule has 1 heterocycles. The molecule has 0 bridgehead atoms. The van der Waals surface area contributed by atoms with Gasteiger partial charge in [-0.2, -0.15) is 0 Å². The van der Waals surface area contributed by atoms with E-state index in [1.165, 1.54) is 6.20 Å². The van der Waals surface area contributed by atoms with Gasteiger partial charge in [-0.1, -0.05) is 29.1 Å². The third-order valence-corrected chi connectivity index (χ3v) is 3.00. The van der Waals surface area contributed by atoms with Gasteiger partial charge < -0.3 is 14.9 Å². The van der Waals surface area contributed by atoms with Crippen LogP contribution < -0.4 is 5.32 Å². The molecule has 1 aromatic heterocycles. The van der Waals surface area contributed by atoms with E-state index in [-0.39, 0.29) is 24.3 Å². The lowest BCUT2D eigenvalue weighted by molar-refractivity contribution is 0.0901. The number of rotatable bonds is 3. The summed E-state index contributed by atoms with van der Waals surface area (Å²) in [6, 6.07) is 7.29. The number of nitrogens with zero attached hydrogens (tertiary/aromatic N) is 1. The molecule has 1 atom stereocenters. The fraction of sp³-hybridized carbons (Fsp3) is 0.250. The Hall–Kier alpha value is -2.58. The van der Waals surface area contributed by atoms with E-state index in [1.54, 1.807) is 6.92 Å². The molecule has 1 amide bonds. The van der Waals surface area contributed by atoms with Crippen molar-refractivity contribution in [2.45, 2.75) is 19.9 Å². The van der Waals surface area contributed by atoms with E-state index in [0.717, 1.165) is 11.1 Å².